The van der Waals surface area contributed by atoms with Crippen LogP contribution in [0.2, 0.25) is 0 Å². The van der Waals surface area contributed by atoms with Gasteiger partial charge in [0.25, 0.3) is 0 Å². The molecule has 1 atom stereocenters. The van der Waals surface area contributed by atoms with Gasteiger partial charge in [0, 0.05) is 10.5 Å². The molecule has 0 amide bonds. The molecule has 104 valence electrons. The Hall–Kier alpha value is -0.870. The molecule has 0 saturated heterocycles. The Morgan fingerprint density at radius 2 is 2.11 bits per heavy atom. The van der Waals surface area contributed by atoms with Gasteiger partial charge in [-0.2, -0.15) is 0 Å². The molecule has 3 nitrogen and oxygen atoms in total. The summed E-state index contributed by atoms with van der Waals surface area (Å²) < 4.78 is 6.14. The molecule has 0 spiro atoms. The molecule has 2 rings (SSSR count). The quantitative estimate of drug-likeness (QED) is 0.841. The fourth-order valence-electron chi connectivity index (χ4n) is 2.55. The minimum Gasteiger partial charge on any atom is -0.465 e. The predicted octanol–water partition coefficient (Wildman–Crippen LogP) is 3.59. The first-order valence-corrected chi connectivity index (χ1v) is 7.68. The lowest BCUT2D eigenvalue weighted by Crippen LogP contribution is -2.36. The molecular formula is C15H20BrNO2. The number of rotatable bonds is 5. The largest absolute Gasteiger partial charge is 0.465 e. The van der Waals surface area contributed by atoms with E-state index in [2.05, 4.69) is 21.2 Å². The first-order valence-electron chi connectivity index (χ1n) is 6.89. The second kappa shape index (κ2) is 7.06. The van der Waals surface area contributed by atoms with Crippen LogP contribution in [0.4, 0.5) is 0 Å². The summed E-state index contributed by atoms with van der Waals surface area (Å²) in [5, 5.41) is 3.45. The Morgan fingerprint density at radius 3 is 2.74 bits per heavy atom. The average molecular weight is 326 g/mol. The van der Waals surface area contributed by atoms with Crippen molar-refractivity contribution in [1.82, 2.24) is 5.32 Å². The highest BCUT2D eigenvalue weighted by Crippen LogP contribution is 2.27. The van der Waals surface area contributed by atoms with Gasteiger partial charge in [0.2, 0.25) is 0 Å². The van der Waals surface area contributed by atoms with E-state index < -0.39 is 0 Å². The van der Waals surface area contributed by atoms with Gasteiger partial charge in [-0.1, -0.05) is 47.0 Å². The number of esters is 1. The Balaban J connectivity index is 2.18. The topological polar surface area (TPSA) is 38.3 Å². The number of nitrogens with one attached hydrogen (secondary N) is 1. The van der Waals surface area contributed by atoms with Crippen molar-refractivity contribution in [2.75, 3.05) is 6.61 Å². The summed E-state index contributed by atoms with van der Waals surface area (Å²) in [4.78, 5) is 12.2. The number of benzene rings is 1. The minimum absolute atomic E-state index is 0.193. The van der Waals surface area contributed by atoms with Gasteiger partial charge in [-0.25, -0.2) is 4.79 Å². The Bertz CT molecular complexity index is 430. The highest BCUT2D eigenvalue weighted by atomic mass is 79.9. The molecule has 0 aromatic heterocycles. The van der Waals surface area contributed by atoms with Crippen LogP contribution in [-0.4, -0.2) is 18.6 Å². The number of hydrogen-bond donors (Lipinski definition) is 1. The monoisotopic (exact) mass is 325 g/mol. The van der Waals surface area contributed by atoms with Crippen LogP contribution in [0.25, 0.3) is 0 Å². The molecule has 1 aromatic rings. The van der Waals surface area contributed by atoms with E-state index in [1.165, 1.54) is 12.8 Å². The number of carbonyl (C=O) groups is 1. The summed E-state index contributed by atoms with van der Waals surface area (Å²) in [5.74, 6) is -0.193. The molecule has 19 heavy (non-hydrogen) atoms. The lowest BCUT2D eigenvalue weighted by atomic mass is 10.1. The molecule has 0 aliphatic heterocycles. The minimum atomic E-state index is -0.376. The van der Waals surface area contributed by atoms with Crippen molar-refractivity contribution in [2.24, 2.45) is 0 Å². The SMILES string of the molecule is CCOC(=O)C(NC1CCCC1)c1ccccc1Br. The second-order valence-electron chi connectivity index (χ2n) is 4.85. The van der Waals surface area contributed by atoms with Gasteiger partial charge in [-0.15, -0.1) is 0 Å². The molecule has 1 fully saturated rings. The van der Waals surface area contributed by atoms with Crippen LogP contribution >= 0.6 is 15.9 Å². The molecule has 1 aromatic carbocycles. The van der Waals surface area contributed by atoms with E-state index >= 15 is 0 Å². The van der Waals surface area contributed by atoms with Gasteiger partial charge in [0.15, 0.2) is 0 Å². The van der Waals surface area contributed by atoms with Crippen LogP contribution in [0.3, 0.4) is 0 Å². The maximum atomic E-state index is 12.2. The normalized spacial score (nSPS) is 17.4. The van der Waals surface area contributed by atoms with Crippen molar-refractivity contribution in [1.29, 1.82) is 0 Å². The Labute approximate surface area is 122 Å². The predicted molar refractivity (Wildman–Crippen MR) is 78.9 cm³/mol. The van der Waals surface area contributed by atoms with Crippen molar-refractivity contribution in [3.05, 3.63) is 34.3 Å². The fraction of sp³-hybridized carbons (Fsp3) is 0.533. The summed E-state index contributed by atoms with van der Waals surface area (Å²) in [6.07, 6.45) is 4.76. The zero-order chi connectivity index (χ0) is 13.7. The van der Waals surface area contributed by atoms with Crippen molar-refractivity contribution >= 4 is 21.9 Å². The van der Waals surface area contributed by atoms with E-state index in [-0.39, 0.29) is 12.0 Å². The van der Waals surface area contributed by atoms with Crippen molar-refractivity contribution in [3.8, 4) is 0 Å². The number of halogens is 1. The molecule has 1 aliphatic rings. The fourth-order valence-corrected chi connectivity index (χ4v) is 3.06. The summed E-state index contributed by atoms with van der Waals surface area (Å²) in [6.45, 7) is 2.25. The highest BCUT2D eigenvalue weighted by molar-refractivity contribution is 9.10. The Kier molecular flexibility index (Phi) is 5.40. The van der Waals surface area contributed by atoms with Crippen molar-refractivity contribution in [2.45, 2.75) is 44.7 Å². The summed E-state index contributed by atoms with van der Waals surface area (Å²) >= 11 is 3.52. The summed E-state index contributed by atoms with van der Waals surface area (Å²) in [6, 6.07) is 7.86. The highest BCUT2D eigenvalue weighted by Gasteiger charge is 2.27. The first kappa shape index (κ1) is 14.5. The third-order valence-electron chi connectivity index (χ3n) is 3.50. The maximum absolute atomic E-state index is 12.2. The molecule has 1 unspecified atom stereocenters. The zero-order valence-electron chi connectivity index (χ0n) is 11.2. The second-order valence-corrected chi connectivity index (χ2v) is 5.71. The lowest BCUT2D eigenvalue weighted by molar-refractivity contribution is -0.146. The van der Waals surface area contributed by atoms with E-state index in [9.17, 15) is 4.79 Å². The molecule has 1 saturated carbocycles. The van der Waals surface area contributed by atoms with Gasteiger partial charge in [0.05, 0.1) is 6.61 Å². The molecule has 0 bridgehead atoms. The van der Waals surface area contributed by atoms with Crippen LogP contribution in [0.15, 0.2) is 28.7 Å². The van der Waals surface area contributed by atoms with E-state index in [1.54, 1.807) is 0 Å². The summed E-state index contributed by atoms with van der Waals surface area (Å²) in [7, 11) is 0. The van der Waals surface area contributed by atoms with E-state index in [1.807, 2.05) is 31.2 Å². The molecular weight excluding hydrogens is 306 g/mol. The van der Waals surface area contributed by atoms with Crippen LogP contribution in [0.1, 0.15) is 44.2 Å². The summed E-state index contributed by atoms with van der Waals surface area (Å²) in [5.41, 5.74) is 0.952. The molecule has 1 N–H and O–H groups in total. The maximum Gasteiger partial charge on any atom is 0.327 e. The Morgan fingerprint density at radius 1 is 1.42 bits per heavy atom. The zero-order valence-corrected chi connectivity index (χ0v) is 12.8. The van der Waals surface area contributed by atoms with Crippen molar-refractivity contribution in [3.63, 3.8) is 0 Å². The van der Waals surface area contributed by atoms with Crippen LogP contribution in [0, 0.1) is 0 Å². The van der Waals surface area contributed by atoms with E-state index in [0.717, 1.165) is 22.9 Å². The standard InChI is InChI=1S/C15H20BrNO2/c1-2-19-15(18)14(17-11-7-3-4-8-11)12-9-5-6-10-13(12)16/h5-6,9-11,14,17H,2-4,7-8H2,1H3. The first-order chi connectivity index (χ1) is 9.22. The smallest absolute Gasteiger partial charge is 0.327 e. The molecule has 0 heterocycles. The van der Waals surface area contributed by atoms with Gasteiger partial charge in [-0.3, -0.25) is 5.32 Å². The molecule has 1 aliphatic carbocycles. The number of hydrogen-bond acceptors (Lipinski definition) is 3. The lowest BCUT2D eigenvalue weighted by Gasteiger charge is -2.22. The van der Waals surface area contributed by atoms with Crippen LogP contribution < -0.4 is 5.32 Å². The van der Waals surface area contributed by atoms with Gasteiger partial charge in [0.1, 0.15) is 6.04 Å². The third kappa shape index (κ3) is 3.80. The average Bonchev–Trinajstić information content (AvgIpc) is 2.90. The number of ether oxygens (including phenoxy) is 1. The number of carbonyl (C=O) groups excluding carboxylic acids is 1. The third-order valence-corrected chi connectivity index (χ3v) is 4.22. The van der Waals surface area contributed by atoms with Crippen molar-refractivity contribution < 1.29 is 9.53 Å². The molecule has 4 heteroatoms. The van der Waals surface area contributed by atoms with Gasteiger partial charge in [-0.05, 0) is 31.4 Å². The van der Waals surface area contributed by atoms with Crippen LogP contribution in [-0.2, 0) is 9.53 Å². The molecule has 0 radical (unpaired) electrons. The van der Waals surface area contributed by atoms with Gasteiger partial charge >= 0.3 is 5.97 Å². The van der Waals surface area contributed by atoms with Crippen LogP contribution in [0.5, 0.6) is 0 Å². The van der Waals surface area contributed by atoms with E-state index in [4.69, 9.17) is 4.74 Å². The van der Waals surface area contributed by atoms with E-state index in [0.29, 0.717) is 12.6 Å². The van der Waals surface area contributed by atoms with Gasteiger partial charge < -0.3 is 4.74 Å².